The minimum Gasteiger partial charge on any atom is -0.493 e. The molecule has 156 valence electrons. The average molecular weight is 400 g/mol. The number of Topliss-reactive ketones (excluding diaryl/α,β-unsaturated/α-hetero) is 1. The van der Waals surface area contributed by atoms with Crippen molar-refractivity contribution in [2.24, 2.45) is 5.92 Å². The highest BCUT2D eigenvalue weighted by Crippen LogP contribution is 2.34. The second-order valence-corrected chi connectivity index (χ2v) is 7.62. The molecule has 2 aromatic carbocycles. The molecule has 29 heavy (non-hydrogen) atoms. The highest BCUT2D eigenvalue weighted by molar-refractivity contribution is 5.84. The van der Waals surface area contributed by atoms with Crippen molar-refractivity contribution in [2.45, 2.75) is 38.5 Å². The fraction of sp³-hybridized carbons (Fsp3) is 0.458. The summed E-state index contributed by atoms with van der Waals surface area (Å²) in [7, 11) is 3.26. The van der Waals surface area contributed by atoms with Gasteiger partial charge in [-0.3, -0.25) is 4.79 Å². The van der Waals surface area contributed by atoms with Crippen molar-refractivity contribution in [3.8, 4) is 11.5 Å². The highest BCUT2D eigenvalue weighted by Gasteiger charge is 2.25. The summed E-state index contributed by atoms with van der Waals surface area (Å²) in [5, 5.41) is 3.43. The molecular formula is C24H30FNO3. The lowest BCUT2D eigenvalue weighted by Crippen LogP contribution is -2.21. The largest absolute Gasteiger partial charge is 0.493 e. The van der Waals surface area contributed by atoms with E-state index in [1.54, 1.807) is 14.2 Å². The topological polar surface area (TPSA) is 47.6 Å². The Labute approximate surface area is 172 Å². The number of benzene rings is 2. The third-order valence-electron chi connectivity index (χ3n) is 5.70. The molecule has 5 heteroatoms. The summed E-state index contributed by atoms with van der Waals surface area (Å²) in [6, 6.07) is 10.6. The molecule has 1 N–H and O–H groups in total. The van der Waals surface area contributed by atoms with Gasteiger partial charge in [-0.15, -0.1) is 0 Å². The number of hydrogen-bond acceptors (Lipinski definition) is 4. The molecule has 0 aliphatic heterocycles. The van der Waals surface area contributed by atoms with Crippen LogP contribution < -0.4 is 14.8 Å². The number of methoxy groups -OCH3 is 2. The van der Waals surface area contributed by atoms with E-state index in [0.717, 1.165) is 62.1 Å². The van der Waals surface area contributed by atoms with Crippen LogP contribution >= 0.6 is 0 Å². The van der Waals surface area contributed by atoms with E-state index in [1.165, 1.54) is 17.7 Å². The number of ketones is 1. The maximum atomic E-state index is 12.9. The first-order chi connectivity index (χ1) is 14.1. The Balaban J connectivity index is 1.44. The minimum atomic E-state index is -0.200. The molecule has 0 spiro atoms. The molecule has 1 unspecified atom stereocenters. The third-order valence-corrected chi connectivity index (χ3v) is 5.70. The van der Waals surface area contributed by atoms with Crippen LogP contribution in [0.5, 0.6) is 11.5 Å². The van der Waals surface area contributed by atoms with Gasteiger partial charge < -0.3 is 14.8 Å². The molecule has 0 saturated heterocycles. The van der Waals surface area contributed by atoms with Gasteiger partial charge in [0, 0.05) is 12.3 Å². The zero-order valence-electron chi connectivity index (χ0n) is 17.3. The van der Waals surface area contributed by atoms with E-state index in [9.17, 15) is 9.18 Å². The maximum Gasteiger partial charge on any atom is 0.161 e. The van der Waals surface area contributed by atoms with E-state index in [0.29, 0.717) is 18.0 Å². The van der Waals surface area contributed by atoms with Crippen molar-refractivity contribution in [1.82, 2.24) is 5.32 Å². The van der Waals surface area contributed by atoms with Crippen LogP contribution in [0.25, 0.3) is 0 Å². The predicted molar refractivity (Wildman–Crippen MR) is 112 cm³/mol. The Bertz CT molecular complexity index is 820. The second-order valence-electron chi connectivity index (χ2n) is 7.62. The second kappa shape index (κ2) is 10.4. The first-order valence-electron chi connectivity index (χ1n) is 10.3. The molecule has 3 rings (SSSR count). The van der Waals surface area contributed by atoms with Crippen molar-refractivity contribution >= 4 is 5.78 Å². The van der Waals surface area contributed by atoms with Crippen molar-refractivity contribution in [1.29, 1.82) is 0 Å². The summed E-state index contributed by atoms with van der Waals surface area (Å²) in [5.41, 5.74) is 3.38. The summed E-state index contributed by atoms with van der Waals surface area (Å²) >= 11 is 0. The molecule has 0 bridgehead atoms. The maximum absolute atomic E-state index is 12.9. The van der Waals surface area contributed by atoms with Crippen LogP contribution in [0.1, 0.15) is 36.0 Å². The van der Waals surface area contributed by atoms with Crippen molar-refractivity contribution in [3.63, 3.8) is 0 Å². The molecular weight excluding hydrogens is 369 g/mol. The number of nitrogens with one attached hydrogen (secondary N) is 1. The summed E-state index contributed by atoms with van der Waals surface area (Å²) in [4.78, 5) is 12.7. The van der Waals surface area contributed by atoms with Gasteiger partial charge in [0.15, 0.2) is 11.5 Å². The number of aryl methyl sites for hydroxylation is 1. The van der Waals surface area contributed by atoms with Crippen molar-refractivity contribution in [3.05, 3.63) is 58.9 Å². The fourth-order valence-corrected chi connectivity index (χ4v) is 3.97. The summed E-state index contributed by atoms with van der Waals surface area (Å²) in [6.45, 7) is 1.74. The SMILES string of the molecule is COc1cc2c(cc1OC)CC(=O)C(CCCNCCc1ccc(F)cc1)CC2. The van der Waals surface area contributed by atoms with Crippen LogP contribution in [0, 0.1) is 11.7 Å². The molecule has 1 aliphatic rings. The number of ether oxygens (including phenoxy) is 2. The molecule has 0 saturated carbocycles. The number of carbonyl (C=O) groups excluding carboxylic acids is 1. The predicted octanol–water partition coefficient (Wildman–Crippen LogP) is 4.13. The summed E-state index contributed by atoms with van der Waals surface area (Å²) < 4.78 is 23.7. The monoisotopic (exact) mass is 399 g/mol. The molecule has 2 aromatic rings. The van der Waals surface area contributed by atoms with Gasteiger partial charge in [0.25, 0.3) is 0 Å². The normalized spacial score (nSPS) is 16.2. The quantitative estimate of drug-likeness (QED) is 0.509. The molecule has 4 nitrogen and oxygen atoms in total. The number of fused-ring (bicyclic) bond motifs is 1. The van der Waals surface area contributed by atoms with E-state index in [-0.39, 0.29) is 11.7 Å². The molecule has 0 fully saturated rings. The van der Waals surface area contributed by atoms with Crippen LogP contribution in [-0.2, 0) is 24.1 Å². The lowest BCUT2D eigenvalue weighted by molar-refractivity contribution is -0.122. The van der Waals surface area contributed by atoms with Crippen LogP contribution in [0.2, 0.25) is 0 Å². The van der Waals surface area contributed by atoms with Crippen LogP contribution in [0.4, 0.5) is 4.39 Å². The molecule has 0 aromatic heterocycles. The van der Waals surface area contributed by atoms with Crippen LogP contribution in [-0.4, -0.2) is 33.1 Å². The smallest absolute Gasteiger partial charge is 0.161 e. The first kappa shape index (κ1) is 21.3. The Morgan fingerprint density at radius 3 is 2.41 bits per heavy atom. The lowest BCUT2D eigenvalue weighted by atomic mass is 9.93. The zero-order valence-corrected chi connectivity index (χ0v) is 17.3. The Hall–Kier alpha value is -2.40. The van der Waals surface area contributed by atoms with Gasteiger partial charge >= 0.3 is 0 Å². The third kappa shape index (κ3) is 5.80. The molecule has 0 radical (unpaired) electrons. The average Bonchev–Trinajstić information content (AvgIpc) is 2.88. The van der Waals surface area contributed by atoms with Gasteiger partial charge in [0.05, 0.1) is 14.2 Å². The van der Waals surface area contributed by atoms with E-state index in [1.807, 2.05) is 24.3 Å². The van der Waals surface area contributed by atoms with Crippen molar-refractivity contribution < 1.29 is 18.7 Å². The van der Waals surface area contributed by atoms with Gasteiger partial charge in [-0.05, 0) is 86.1 Å². The Morgan fingerprint density at radius 2 is 1.72 bits per heavy atom. The molecule has 1 atom stereocenters. The van der Waals surface area contributed by atoms with E-state index >= 15 is 0 Å². The van der Waals surface area contributed by atoms with Gasteiger partial charge in [0.1, 0.15) is 11.6 Å². The number of hydrogen-bond donors (Lipinski definition) is 1. The number of halogens is 1. The zero-order chi connectivity index (χ0) is 20.6. The Morgan fingerprint density at radius 1 is 1.03 bits per heavy atom. The lowest BCUT2D eigenvalue weighted by Gasteiger charge is -2.13. The van der Waals surface area contributed by atoms with Gasteiger partial charge in [0.2, 0.25) is 0 Å². The number of carbonyl (C=O) groups is 1. The van der Waals surface area contributed by atoms with E-state index in [4.69, 9.17) is 9.47 Å². The first-order valence-corrected chi connectivity index (χ1v) is 10.3. The molecule has 1 aliphatic carbocycles. The van der Waals surface area contributed by atoms with Gasteiger partial charge in [-0.1, -0.05) is 12.1 Å². The Kier molecular flexibility index (Phi) is 7.64. The fourth-order valence-electron chi connectivity index (χ4n) is 3.97. The van der Waals surface area contributed by atoms with Crippen LogP contribution in [0.15, 0.2) is 36.4 Å². The molecule has 0 amide bonds. The van der Waals surface area contributed by atoms with Crippen LogP contribution in [0.3, 0.4) is 0 Å². The van der Waals surface area contributed by atoms with E-state index in [2.05, 4.69) is 5.32 Å². The van der Waals surface area contributed by atoms with Crippen molar-refractivity contribution in [2.75, 3.05) is 27.3 Å². The van der Waals surface area contributed by atoms with Gasteiger partial charge in [-0.2, -0.15) is 0 Å². The number of rotatable bonds is 9. The van der Waals surface area contributed by atoms with E-state index < -0.39 is 0 Å². The standard InChI is InChI=1S/C24H30FNO3/c1-28-23-15-19-8-7-18(22(27)14-20(19)16-24(23)29-2)4-3-12-26-13-11-17-5-9-21(25)10-6-17/h5-6,9-10,15-16,18,26H,3-4,7-8,11-14H2,1-2H3. The minimum absolute atomic E-state index is 0.110. The molecule has 0 heterocycles. The summed E-state index contributed by atoms with van der Waals surface area (Å²) in [5.74, 6) is 1.64. The van der Waals surface area contributed by atoms with Gasteiger partial charge in [-0.25, -0.2) is 4.39 Å². The highest BCUT2D eigenvalue weighted by atomic mass is 19.1. The summed E-state index contributed by atoms with van der Waals surface area (Å²) in [6.07, 6.45) is 5.01.